The Kier molecular flexibility index (Phi) is 7.33. The van der Waals surface area contributed by atoms with E-state index in [1.807, 2.05) is 42.5 Å². The molecule has 1 N–H and O–H groups in total. The van der Waals surface area contributed by atoms with Crippen molar-refractivity contribution in [1.29, 1.82) is 0 Å². The Morgan fingerprint density at radius 3 is 2.29 bits per heavy atom. The molecule has 4 aromatic rings. The van der Waals surface area contributed by atoms with Crippen LogP contribution in [0.2, 0.25) is 0 Å². The Hall–Kier alpha value is -2.87. The summed E-state index contributed by atoms with van der Waals surface area (Å²) in [4.78, 5) is 30.5. The molecule has 0 spiro atoms. The molecule has 0 aliphatic heterocycles. The third kappa shape index (κ3) is 5.44. The molecule has 2 heterocycles. The van der Waals surface area contributed by atoms with Crippen LogP contribution < -0.4 is 51.3 Å². The van der Waals surface area contributed by atoms with Crippen molar-refractivity contribution in [2.75, 3.05) is 5.32 Å². The van der Waals surface area contributed by atoms with Gasteiger partial charge >= 0.3 is 35.3 Å². The molecular formula is C23H21N4NaO3. The molecule has 0 atom stereocenters. The van der Waals surface area contributed by atoms with E-state index in [0.717, 1.165) is 27.4 Å². The summed E-state index contributed by atoms with van der Waals surface area (Å²) in [6.07, 6.45) is 0. The number of nitrogens with zero attached hydrogens (tertiary/aromatic N) is 3. The summed E-state index contributed by atoms with van der Waals surface area (Å²) in [6, 6.07) is 19.8. The molecule has 152 valence electrons. The molecule has 8 heteroatoms. The van der Waals surface area contributed by atoms with Gasteiger partial charge in [-0.15, -0.1) is 0 Å². The van der Waals surface area contributed by atoms with Crippen molar-refractivity contribution >= 4 is 5.69 Å². The molecule has 2 aromatic heterocycles. The van der Waals surface area contributed by atoms with Crippen molar-refractivity contribution in [1.82, 2.24) is 14.7 Å². The normalized spacial score (nSPS) is 10.5. The topological polar surface area (TPSA) is 91.2 Å². The van der Waals surface area contributed by atoms with Gasteiger partial charge in [0.2, 0.25) is 0 Å². The number of rotatable bonds is 6. The van der Waals surface area contributed by atoms with Crippen LogP contribution in [0.1, 0.15) is 22.4 Å². The third-order valence-electron chi connectivity index (χ3n) is 4.89. The zero-order valence-corrected chi connectivity index (χ0v) is 19.8. The summed E-state index contributed by atoms with van der Waals surface area (Å²) in [7, 11) is 0. The molecule has 0 aliphatic carbocycles. The summed E-state index contributed by atoms with van der Waals surface area (Å²) in [5.41, 5.74) is 6.56. The third-order valence-corrected chi connectivity index (χ3v) is 4.89. The average Bonchev–Trinajstić information content (AvgIpc) is 3.04. The molecule has 7 nitrogen and oxygen atoms in total. The van der Waals surface area contributed by atoms with E-state index >= 15 is 0 Å². The van der Waals surface area contributed by atoms with Crippen molar-refractivity contribution in [3.8, 4) is 11.3 Å². The van der Waals surface area contributed by atoms with Crippen LogP contribution in [0.15, 0.2) is 74.8 Å². The first-order valence-corrected chi connectivity index (χ1v) is 9.60. The number of nitrogens with one attached hydrogen (secondary N) is 1. The van der Waals surface area contributed by atoms with E-state index in [0.29, 0.717) is 6.54 Å². The van der Waals surface area contributed by atoms with E-state index in [4.69, 9.17) is 9.51 Å². The Morgan fingerprint density at radius 1 is 0.968 bits per heavy atom. The van der Waals surface area contributed by atoms with Gasteiger partial charge in [-0.05, 0) is 54.8 Å². The molecule has 0 fully saturated rings. The molecule has 0 saturated carbocycles. The zero-order valence-electron chi connectivity index (χ0n) is 17.8. The molecule has 2 aromatic carbocycles. The minimum absolute atomic E-state index is 0. The number of hydrogen-bond acceptors (Lipinski definition) is 5. The van der Waals surface area contributed by atoms with Crippen molar-refractivity contribution < 1.29 is 34.1 Å². The largest absolute Gasteiger partial charge is 1.00 e. The van der Waals surface area contributed by atoms with E-state index in [2.05, 4.69) is 42.3 Å². The van der Waals surface area contributed by atoms with Crippen molar-refractivity contribution in [3.05, 3.63) is 104 Å². The maximum Gasteiger partial charge on any atom is 1.00 e. The molecule has 31 heavy (non-hydrogen) atoms. The molecule has 0 bridgehead atoms. The first-order valence-electron chi connectivity index (χ1n) is 9.60. The number of aryl methyl sites for hydroxylation is 2. The predicted octanol–water partition coefficient (Wildman–Crippen LogP) is 0.102. The maximum absolute atomic E-state index is 11.5. The number of benzene rings is 2. The Bertz CT molecular complexity index is 1270. The SMILES string of the molecule is Cc1cccc(C)c1-c1cccc(CNc2ccc(Cn3oc(=O)[n-]c3=O)cc2)n1.[Na+]. The molecule has 0 aliphatic rings. The molecular weight excluding hydrogens is 403 g/mol. The van der Waals surface area contributed by atoms with E-state index in [9.17, 15) is 9.59 Å². The Balaban J connectivity index is 0.00000272. The summed E-state index contributed by atoms with van der Waals surface area (Å²) in [5, 5.41) is 3.36. The van der Waals surface area contributed by atoms with E-state index in [-0.39, 0.29) is 36.1 Å². The van der Waals surface area contributed by atoms with Gasteiger partial charge in [0.15, 0.2) is 5.69 Å². The maximum atomic E-state index is 11.5. The number of hydrogen-bond donors (Lipinski definition) is 1. The minimum Gasteiger partial charge on any atom is -0.421 e. The van der Waals surface area contributed by atoms with Gasteiger partial charge in [0, 0.05) is 17.8 Å². The number of pyridine rings is 1. The van der Waals surface area contributed by atoms with Crippen LogP contribution in [0.5, 0.6) is 0 Å². The van der Waals surface area contributed by atoms with Crippen molar-refractivity contribution in [2.24, 2.45) is 0 Å². The fraction of sp³-hybridized carbons (Fsp3) is 0.174. The van der Waals surface area contributed by atoms with Gasteiger partial charge in [-0.25, -0.2) is 4.79 Å². The van der Waals surface area contributed by atoms with E-state index in [1.165, 1.54) is 16.7 Å². The average molecular weight is 424 g/mol. The Labute approximate surface area is 201 Å². The van der Waals surface area contributed by atoms with Crippen LogP contribution in [0.4, 0.5) is 5.69 Å². The molecule has 0 radical (unpaired) electrons. The van der Waals surface area contributed by atoms with Gasteiger partial charge < -0.3 is 14.8 Å². The monoisotopic (exact) mass is 424 g/mol. The van der Waals surface area contributed by atoms with Gasteiger partial charge in [0.1, 0.15) is 0 Å². The number of aromatic nitrogens is 3. The van der Waals surface area contributed by atoms with Gasteiger partial charge in [-0.2, -0.15) is 0 Å². The van der Waals surface area contributed by atoms with Gasteiger partial charge in [-0.3, -0.25) is 14.5 Å². The fourth-order valence-electron chi connectivity index (χ4n) is 3.41. The quantitative estimate of drug-likeness (QED) is 0.442. The van der Waals surface area contributed by atoms with Gasteiger partial charge in [0.25, 0.3) is 0 Å². The first kappa shape index (κ1) is 22.8. The second-order valence-electron chi connectivity index (χ2n) is 7.12. The van der Waals surface area contributed by atoms with Crippen molar-refractivity contribution in [2.45, 2.75) is 26.9 Å². The van der Waals surface area contributed by atoms with Crippen molar-refractivity contribution in [3.63, 3.8) is 0 Å². The van der Waals surface area contributed by atoms with Crippen LogP contribution in [0, 0.1) is 13.8 Å². The van der Waals surface area contributed by atoms with Crippen LogP contribution in [0.3, 0.4) is 0 Å². The molecule has 0 saturated heterocycles. The second-order valence-corrected chi connectivity index (χ2v) is 7.12. The minimum atomic E-state index is -0.881. The first-order chi connectivity index (χ1) is 14.5. The summed E-state index contributed by atoms with van der Waals surface area (Å²) < 4.78 is 5.67. The fourth-order valence-corrected chi connectivity index (χ4v) is 3.41. The summed E-state index contributed by atoms with van der Waals surface area (Å²) >= 11 is 0. The van der Waals surface area contributed by atoms with Crippen LogP contribution in [0.25, 0.3) is 11.3 Å². The molecule has 4 rings (SSSR count). The predicted molar refractivity (Wildman–Crippen MR) is 115 cm³/mol. The molecule has 0 unspecified atom stereocenters. The standard InChI is InChI=1S/C23H22N4O3.Na/c1-15-5-3-6-16(2)21(15)20-8-4-7-19(25-20)13-24-18-11-9-17(10-12-18)14-27-22(28)26-23(29)30-27;/h3-12,24H,13-14H2,1-2H3,(H,26,28,29);/q;+1/p-1. The van der Waals surface area contributed by atoms with Crippen LogP contribution >= 0.6 is 0 Å². The van der Waals surface area contributed by atoms with Crippen LogP contribution in [-0.4, -0.2) is 9.72 Å². The van der Waals surface area contributed by atoms with Gasteiger partial charge in [0.05, 0.1) is 17.9 Å². The zero-order chi connectivity index (χ0) is 21.1. The van der Waals surface area contributed by atoms with E-state index < -0.39 is 11.4 Å². The Morgan fingerprint density at radius 2 is 1.65 bits per heavy atom. The summed E-state index contributed by atoms with van der Waals surface area (Å²) in [6.45, 7) is 4.94. The number of anilines is 1. The summed E-state index contributed by atoms with van der Waals surface area (Å²) in [5.74, 6) is -0.881. The smallest absolute Gasteiger partial charge is 0.421 e. The van der Waals surface area contributed by atoms with Crippen LogP contribution in [-0.2, 0) is 13.1 Å². The second kappa shape index (κ2) is 9.96. The molecule has 0 amide bonds. The van der Waals surface area contributed by atoms with E-state index in [1.54, 1.807) is 0 Å². The van der Waals surface area contributed by atoms with Gasteiger partial charge in [-0.1, -0.05) is 36.4 Å².